The number of unbranched alkanes of at least 4 members (excludes halogenated alkanes) is 14. The van der Waals surface area contributed by atoms with Gasteiger partial charge < -0.3 is 4.74 Å². The van der Waals surface area contributed by atoms with Gasteiger partial charge in [-0.15, -0.1) is 0 Å². The Morgan fingerprint density at radius 2 is 0.955 bits per heavy atom. The predicted molar refractivity (Wildman–Crippen MR) is 105 cm³/mol. The van der Waals surface area contributed by atoms with Gasteiger partial charge in [-0.3, -0.25) is 0 Å². The molecule has 0 aromatic rings. The van der Waals surface area contributed by atoms with Crippen molar-refractivity contribution in [2.75, 3.05) is 6.61 Å². The van der Waals surface area contributed by atoms with E-state index in [1.54, 1.807) is 0 Å². The van der Waals surface area contributed by atoms with Crippen LogP contribution >= 0.6 is 0 Å². The Morgan fingerprint density at radius 3 is 1.32 bits per heavy atom. The van der Waals surface area contributed by atoms with Crippen molar-refractivity contribution in [2.24, 2.45) is 0 Å². The van der Waals surface area contributed by atoms with E-state index in [0.29, 0.717) is 5.73 Å². The van der Waals surface area contributed by atoms with E-state index in [9.17, 15) is 0 Å². The third kappa shape index (κ3) is 18.2. The Balaban J connectivity index is 3.00. The molecule has 0 aromatic carbocycles. The van der Waals surface area contributed by atoms with Gasteiger partial charge in [0.05, 0.1) is 0 Å². The van der Waals surface area contributed by atoms with Crippen LogP contribution in [0.25, 0.3) is 0 Å². The van der Waals surface area contributed by atoms with Crippen LogP contribution < -0.4 is 0 Å². The Morgan fingerprint density at radius 1 is 0.591 bits per heavy atom. The zero-order chi connectivity index (χ0) is 16.3. The van der Waals surface area contributed by atoms with Gasteiger partial charge in [0, 0.05) is 22.6 Å². The molecule has 0 aliphatic carbocycles. The molecule has 0 N–H and O–H groups in total. The molecule has 0 radical (unpaired) electrons. The predicted octanol–water partition coefficient (Wildman–Crippen LogP) is 5.98. The molecule has 134 valence electrons. The average Bonchev–Trinajstić information content (AvgIpc) is 2.51. The van der Waals surface area contributed by atoms with E-state index < -0.39 is 0 Å². The van der Waals surface area contributed by atoms with Crippen LogP contribution in [0.5, 0.6) is 0 Å². The molecule has 2 heteroatoms. The maximum absolute atomic E-state index is 5.62. The lowest BCUT2D eigenvalue weighted by atomic mass is 10.0. The molecule has 1 unspecified atom stereocenters. The monoisotopic (exact) mass is 328 g/mol. The molecule has 1 nitrogen and oxygen atoms in total. The van der Waals surface area contributed by atoms with Gasteiger partial charge in [0.15, 0.2) is 0 Å². The summed E-state index contributed by atoms with van der Waals surface area (Å²) in [4.78, 5) is 0. The van der Waals surface area contributed by atoms with E-state index >= 15 is 0 Å². The molecule has 0 amide bonds. The quantitative estimate of drug-likeness (QED) is 0.222. The van der Waals surface area contributed by atoms with Crippen molar-refractivity contribution in [2.45, 2.75) is 122 Å². The molecule has 0 heterocycles. The minimum absolute atomic E-state index is 0.604. The highest BCUT2D eigenvalue weighted by atomic mass is 28.1. The zero-order valence-corrected chi connectivity index (χ0v) is 18.0. The van der Waals surface area contributed by atoms with Crippen molar-refractivity contribution in [3.8, 4) is 0 Å². The molecule has 0 bridgehead atoms. The lowest BCUT2D eigenvalue weighted by Gasteiger charge is -2.10. The minimum atomic E-state index is 0.604. The summed E-state index contributed by atoms with van der Waals surface area (Å²) in [6.07, 6.45) is 23.1. The minimum Gasteiger partial charge on any atom is -0.383 e. The largest absolute Gasteiger partial charge is 0.383 e. The van der Waals surface area contributed by atoms with Crippen LogP contribution in [0, 0.1) is 0 Å². The highest BCUT2D eigenvalue weighted by Gasteiger charge is 2.00. The van der Waals surface area contributed by atoms with Gasteiger partial charge in [-0.2, -0.15) is 0 Å². The van der Waals surface area contributed by atoms with Gasteiger partial charge in [-0.25, -0.2) is 0 Å². The second kappa shape index (κ2) is 19.2. The van der Waals surface area contributed by atoms with Crippen LogP contribution in [-0.4, -0.2) is 22.6 Å². The van der Waals surface area contributed by atoms with E-state index in [1.807, 2.05) is 0 Å². The van der Waals surface area contributed by atoms with Gasteiger partial charge in [-0.1, -0.05) is 103 Å². The first-order valence-corrected chi connectivity index (χ1v) is 11.6. The Hall–Kier alpha value is 0.177. The number of ether oxygens (including phenoxy) is 1. The summed E-state index contributed by atoms with van der Waals surface area (Å²) < 4.78 is 5.62. The fourth-order valence-electron chi connectivity index (χ4n) is 3.17. The van der Waals surface area contributed by atoms with Crippen molar-refractivity contribution >= 4 is 10.2 Å². The lowest BCUT2D eigenvalue weighted by molar-refractivity contribution is 0.111. The van der Waals surface area contributed by atoms with Crippen LogP contribution in [0.2, 0.25) is 0 Å². The highest BCUT2D eigenvalue weighted by Crippen LogP contribution is 2.14. The fraction of sp³-hybridized carbons (Fsp3) is 1.00. The molecule has 0 spiro atoms. The maximum Gasteiger partial charge on any atom is 0.0436 e. The van der Waals surface area contributed by atoms with Crippen molar-refractivity contribution in [1.82, 2.24) is 0 Å². The highest BCUT2D eigenvalue weighted by molar-refractivity contribution is 6.10. The standard InChI is InChI=1S/C20H44OSi/c1-3-5-6-7-8-9-10-11-12-13-14-15-16-17-18-19-20(22)21-4-2/h20H,3-19H2,1-2,22H3. The van der Waals surface area contributed by atoms with E-state index in [4.69, 9.17) is 4.74 Å². The molecule has 0 saturated heterocycles. The Bertz CT molecular complexity index is 196. The summed E-state index contributed by atoms with van der Waals surface area (Å²) in [5, 5.41) is 0. The van der Waals surface area contributed by atoms with Crippen LogP contribution in [-0.2, 0) is 4.74 Å². The van der Waals surface area contributed by atoms with Gasteiger partial charge in [0.1, 0.15) is 0 Å². The molecule has 1 atom stereocenters. The van der Waals surface area contributed by atoms with Gasteiger partial charge >= 0.3 is 0 Å². The molecule has 0 aliphatic rings. The first-order valence-electron chi connectivity index (χ1n) is 10.4. The number of hydrogen-bond donors (Lipinski definition) is 0. The normalized spacial score (nSPS) is 12.8. The summed E-state index contributed by atoms with van der Waals surface area (Å²) in [5.74, 6) is 0. The van der Waals surface area contributed by atoms with Crippen molar-refractivity contribution in [3.63, 3.8) is 0 Å². The molecule has 22 heavy (non-hydrogen) atoms. The van der Waals surface area contributed by atoms with Crippen LogP contribution in [0.3, 0.4) is 0 Å². The summed E-state index contributed by atoms with van der Waals surface area (Å²) in [5.41, 5.74) is 0.604. The second-order valence-corrected chi connectivity index (χ2v) is 8.29. The zero-order valence-electron chi connectivity index (χ0n) is 16.0. The molecule has 0 aliphatic heterocycles. The van der Waals surface area contributed by atoms with Crippen molar-refractivity contribution < 1.29 is 4.74 Å². The molecular formula is C20H44OSi. The van der Waals surface area contributed by atoms with E-state index in [1.165, 1.54) is 113 Å². The van der Waals surface area contributed by atoms with Gasteiger partial charge in [-0.05, 0) is 13.3 Å². The Kier molecular flexibility index (Phi) is 19.4. The third-order valence-electron chi connectivity index (χ3n) is 4.67. The maximum atomic E-state index is 5.62. The van der Waals surface area contributed by atoms with E-state index in [2.05, 4.69) is 13.8 Å². The molecular weight excluding hydrogens is 284 g/mol. The summed E-state index contributed by atoms with van der Waals surface area (Å²) in [6.45, 7) is 5.30. The van der Waals surface area contributed by atoms with Crippen molar-refractivity contribution in [3.05, 3.63) is 0 Å². The third-order valence-corrected chi connectivity index (χ3v) is 5.58. The number of hydrogen-bond acceptors (Lipinski definition) is 1. The summed E-state index contributed by atoms with van der Waals surface area (Å²) in [7, 11) is 1.20. The molecule has 0 saturated carbocycles. The second-order valence-electron chi connectivity index (χ2n) is 7.00. The topological polar surface area (TPSA) is 9.23 Å². The molecule has 0 rings (SSSR count). The Labute approximate surface area is 144 Å². The smallest absolute Gasteiger partial charge is 0.0436 e. The summed E-state index contributed by atoms with van der Waals surface area (Å²) >= 11 is 0. The molecule has 0 aromatic heterocycles. The SMILES string of the molecule is CCCCCCCCCCCCCCCCCC([SiH3])OCC. The van der Waals surface area contributed by atoms with Crippen molar-refractivity contribution in [1.29, 1.82) is 0 Å². The van der Waals surface area contributed by atoms with E-state index in [0.717, 1.165) is 6.61 Å². The first-order chi connectivity index (χ1) is 10.8. The van der Waals surface area contributed by atoms with Crippen LogP contribution in [0.15, 0.2) is 0 Å². The van der Waals surface area contributed by atoms with Gasteiger partial charge in [0.2, 0.25) is 0 Å². The lowest BCUT2D eigenvalue weighted by Crippen LogP contribution is -2.12. The van der Waals surface area contributed by atoms with Gasteiger partial charge in [0.25, 0.3) is 0 Å². The fourth-order valence-corrected chi connectivity index (χ4v) is 3.91. The average molecular weight is 329 g/mol. The van der Waals surface area contributed by atoms with Crippen LogP contribution in [0.1, 0.15) is 117 Å². The summed E-state index contributed by atoms with van der Waals surface area (Å²) in [6, 6.07) is 0. The first kappa shape index (κ1) is 22.2. The van der Waals surface area contributed by atoms with Crippen LogP contribution in [0.4, 0.5) is 0 Å². The number of rotatable bonds is 18. The molecule has 0 fully saturated rings. The van der Waals surface area contributed by atoms with E-state index in [-0.39, 0.29) is 0 Å².